The topological polar surface area (TPSA) is 32.3 Å². The second-order valence-electron chi connectivity index (χ2n) is 5.01. The molecule has 1 amide bonds. The molecule has 17 heavy (non-hydrogen) atoms. The quantitative estimate of drug-likeness (QED) is 0.762. The van der Waals surface area contributed by atoms with Crippen molar-refractivity contribution in [2.75, 3.05) is 14.1 Å². The predicted molar refractivity (Wildman–Crippen MR) is 71.9 cm³/mol. The molecular formula is C14H26N2O. The molecule has 0 bridgehead atoms. The Labute approximate surface area is 105 Å². The van der Waals surface area contributed by atoms with Gasteiger partial charge in [0.15, 0.2) is 0 Å². The highest BCUT2D eigenvalue weighted by Gasteiger charge is 2.26. The molecule has 0 aliphatic heterocycles. The van der Waals surface area contributed by atoms with Gasteiger partial charge in [-0.3, -0.25) is 4.79 Å². The molecule has 0 spiro atoms. The van der Waals surface area contributed by atoms with E-state index >= 15 is 0 Å². The summed E-state index contributed by atoms with van der Waals surface area (Å²) in [5.41, 5.74) is 0.880. The van der Waals surface area contributed by atoms with Gasteiger partial charge in [0.1, 0.15) is 0 Å². The molecule has 0 aromatic heterocycles. The number of likely N-dealkylation sites (N-methyl/N-ethyl adjacent to an activating group) is 1. The molecule has 1 rings (SSSR count). The van der Waals surface area contributed by atoms with E-state index in [1.807, 2.05) is 32.0 Å². The fourth-order valence-corrected chi connectivity index (χ4v) is 2.59. The van der Waals surface area contributed by atoms with Gasteiger partial charge >= 0.3 is 0 Å². The van der Waals surface area contributed by atoms with Crippen molar-refractivity contribution in [2.24, 2.45) is 0 Å². The Hall–Kier alpha value is -0.830. The van der Waals surface area contributed by atoms with Crippen LogP contribution in [0.25, 0.3) is 0 Å². The fourth-order valence-electron chi connectivity index (χ4n) is 2.59. The summed E-state index contributed by atoms with van der Waals surface area (Å²) in [6.07, 6.45) is 7.53. The van der Waals surface area contributed by atoms with Crippen LogP contribution in [0.4, 0.5) is 0 Å². The number of carbonyl (C=O) groups excluding carboxylic acids is 1. The molecular weight excluding hydrogens is 212 g/mol. The Morgan fingerprint density at radius 1 is 1.35 bits per heavy atom. The van der Waals surface area contributed by atoms with Gasteiger partial charge in [-0.15, -0.1) is 0 Å². The highest BCUT2D eigenvalue weighted by atomic mass is 16.2. The van der Waals surface area contributed by atoms with E-state index in [0.29, 0.717) is 12.1 Å². The number of hydrogen-bond donors (Lipinski definition) is 1. The lowest BCUT2D eigenvalue weighted by Crippen LogP contribution is -2.42. The highest BCUT2D eigenvalue weighted by molar-refractivity contribution is 5.92. The van der Waals surface area contributed by atoms with E-state index in [4.69, 9.17) is 0 Å². The van der Waals surface area contributed by atoms with E-state index in [-0.39, 0.29) is 5.91 Å². The van der Waals surface area contributed by atoms with Crippen LogP contribution in [-0.2, 0) is 4.79 Å². The number of nitrogens with zero attached hydrogens (tertiary/aromatic N) is 1. The molecule has 98 valence electrons. The van der Waals surface area contributed by atoms with Crippen molar-refractivity contribution < 1.29 is 4.79 Å². The molecule has 0 unspecified atom stereocenters. The van der Waals surface area contributed by atoms with Crippen LogP contribution in [-0.4, -0.2) is 37.0 Å². The third-order valence-corrected chi connectivity index (χ3v) is 3.82. The van der Waals surface area contributed by atoms with E-state index in [0.717, 1.165) is 24.8 Å². The first-order valence-electron chi connectivity index (χ1n) is 6.71. The Morgan fingerprint density at radius 2 is 1.94 bits per heavy atom. The monoisotopic (exact) mass is 238 g/mol. The summed E-state index contributed by atoms with van der Waals surface area (Å²) >= 11 is 0. The second-order valence-corrected chi connectivity index (χ2v) is 5.01. The van der Waals surface area contributed by atoms with Gasteiger partial charge in [-0.1, -0.05) is 13.0 Å². The van der Waals surface area contributed by atoms with Gasteiger partial charge in [0.2, 0.25) is 5.91 Å². The summed E-state index contributed by atoms with van der Waals surface area (Å²) in [5.74, 6) is 0.194. The smallest absolute Gasteiger partial charge is 0.249 e. The Morgan fingerprint density at radius 3 is 2.41 bits per heavy atom. The molecule has 3 heteroatoms. The molecule has 3 nitrogen and oxygen atoms in total. The third-order valence-electron chi connectivity index (χ3n) is 3.82. The first-order chi connectivity index (χ1) is 8.10. The van der Waals surface area contributed by atoms with E-state index in [1.54, 1.807) is 0 Å². The van der Waals surface area contributed by atoms with Crippen molar-refractivity contribution in [1.82, 2.24) is 10.2 Å². The lowest BCUT2D eigenvalue weighted by atomic mass is 9.90. The van der Waals surface area contributed by atoms with Gasteiger partial charge < -0.3 is 10.2 Å². The van der Waals surface area contributed by atoms with Gasteiger partial charge in [-0.25, -0.2) is 0 Å². The average Bonchev–Trinajstić information content (AvgIpc) is 2.37. The van der Waals surface area contributed by atoms with E-state index in [9.17, 15) is 4.79 Å². The molecule has 0 radical (unpaired) electrons. The van der Waals surface area contributed by atoms with E-state index in [2.05, 4.69) is 12.2 Å². The van der Waals surface area contributed by atoms with Crippen LogP contribution in [0.15, 0.2) is 11.6 Å². The molecule has 1 aliphatic carbocycles. The van der Waals surface area contributed by atoms with E-state index < -0.39 is 0 Å². The average molecular weight is 238 g/mol. The van der Waals surface area contributed by atoms with Crippen LogP contribution in [0, 0.1) is 0 Å². The van der Waals surface area contributed by atoms with Crippen molar-refractivity contribution >= 4 is 5.91 Å². The molecule has 0 aromatic carbocycles. The SMILES string of the molecule is CCC=C(C)C(=O)N(C)C1CCC(NC)CC1. The van der Waals surface area contributed by atoms with Gasteiger partial charge in [-0.2, -0.15) is 0 Å². The molecule has 0 heterocycles. The van der Waals surface area contributed by atoms with Crippen LogP contribution in [0.2, 0.25) is 0 Å². The van der Waals surface area contributed by atoms with Crippen LogP contribution in [0.1, 0.15) is 46.0 Å². The minimum absolute atomic E-state index is 0.194. The summed E-state index contributed by atoms with van der Waals surface area (Å²) in [6, 6.07) is 1.06. The molecule has 1 N–H and O–H groups in total. The number of nitrogens with one attached hydrogen (secondary N) is 1. The zero-order valence-electron chi connectivity index (χ0n) is 11.6. The van der Waals surface area contributed by atoms with Gasteiger partial charge in [0.25, 0.3) is 0 Å². The summed E-state index contributed by atoms with van der Waals surface area (Å²) in [4.78, 5) is 14.1. The summed E-state index contributed by atoms with van der Waals surface area (Å²) in [5, 5.41) is 3.32. The predicted octanol–water partition coefficient (Wildman–Crippen LogP) is 2.33. The van der Waals surface area contributed by atoms with Crippen molar-refractivity contribution in [3.8, 4) is 0 Å². The number of hydrogen-bond acceptors (Lipinski definition) is 2. The van der Waals surface area contributed by atoms with Crippen LogP contribution < -0.4 is 5.32 Å². The Balaban J connectivity index is 2.51. The Bertz CT molecular complexity index is 278. The summed E-state index contributed by atoms with van der Waals surface area (Å²) in [6.45, 7) is 3.98. The highest BCUT2D eigenvalue weighted by Crippen LogP contribution is 2.23. The number of rotatable bonds is 4. The van der Waals surface area contributed by atoms with Crippen LogP contribution in [0.5, 0.6) is 0 Å². The minimum atomic E-state index is 0.194. The summed E-state index contributed by atoms with van der Waals surface area (Å²) < 4.78 is 0. The van der Waals surface area contributed by atoms with Gasteiger partial charge in [0, 0.05) is 24.7 Å². The van der Waals surface area contributed by atoms with Crippen molar-refractivity contribution in [2.45, 2.75) is 58.0 Å². The maximum Gasteiger partial charge on any atom is 0.249 e. The number of amides is 1. The number of allylic oxidation sites excluding steroid dienone is 1. The molecule has 1 saturated carbocycles. The largest absolute Gasteiger partial charge is 0.339 e. The molecule has 1 fully saturated rings. The number of carbonyl (C=O) groups is 1. The van der Waals surface area contributed by atoms with Crippen LogP contribution in [0.3, 0.4) is 0 Å². The molecule has 0 aromatic rings. The van der Waals surface area contributed by atoms with Crippen molar-refractivity contribution in [3.05, 3.63) is 11.6 Å². The van der Waals surface area contributed by atoms with E-state index in [1.165, 1.54) is 12.8 Å². The molecule has 0 atom stereocenters. The zero-order chi connectivity index (χ0) is 12.8. The van der Waals surface area contributed by atoms with Crippen molar-refractivity contribution in [1.29, 1.82) is 0 Å². The summed E-state index contributed by atoms with van der Waals surface area (Å²) in [7, 11) is 3.97. The normalized spacial score (nSPS) is 25.8. The second kappa shape index (κ2) is 6.80. The standard InChI is InChI=1S/C14H26N2O/c1-5-6-11(2)14(17)16(4)13-9-7-12(15-3)8-10-13/h6,12-13,15H,5,7-10H2,1-4H3. The van der Waals surface area contributed by atoms with Crippen LogP contribution >= 0.6 is 0 Å². The van der Waals surface area contributed by atoms with Crippen molar-refractivity contribution in [3.63, 3.8) is 0 Å². The molecule has 1 aliphatic rings. The first kappa shape index (κ1) is 14.2. The first-order valence-corrected chi connectivity index (χ1v) is 6.71. The fraction of sp³-hybridized carbons (Fsp3) is 0.786. The minimum Gasteiger partial charge on any atom is -0.339 e. The third kappa shape index (κ3) is 3.84. The van der Waals surface area contributed by atoms with Gasteiger partial charge in [-0.05, 0) is 46.1 Å². The van der Waals surface area contributed by atoms with Gasteiger partial charge in [0.05, 0.1) is 0 Å². The maximum atomic E-state index is 12.1. The lowest BCUT2D eigenvalue weighted by Gasteiger charge is -2.34. The Kier molecular flexibility index (Phi) is 5.69. The lowest BCUT2D eigenvalue weighted by molar-refractivity contribution is -0.128. The zero-order valence-corrected chi connectivity index (χ0v) is 11.6. The molecule has 0 saturated heterocycles. The maximum absolute atomic E-state index is 12.1.